The summed E-state index contributed by atoms with van der Waals surface area (Å²) in [5.74, 6) is 0. The molecule has 0 saturated carbocycles. The van der Waals surface area contributed by atoms with Gasteiger partial charge in [0.15, 0.2) is 44.1 Å². The van der Waals surface area contributed by atoms with Gasteiger partial charge >= 0.3 is 0 Å². The molecule has 12 aromatic carbocycles. The Morgan fingerprint density at radius 2 is 0.333 bits per heavy atom. The molecule has 0 unspecified atom stereocenters. The van der Waals surface area contributed by atoms with Crippen molar-refractivity contribution in [2.45, 2.75) is 204 Å². The molecule has 0 bridgehead atoms. The lowest BCUT2D eigenvalue weighted by Crippen LogP contribution is -2.13. The fourth-order valence-electron chi connectivity index (χ4n) is 11.1. The number of rotatable bonds is 15. The third-order valence-electron chi connectivity index (χ3n) is 16.9. The van der Waals surface area contributed by atoms with E-state index >= 15 is 0 Å². The van der Waals surface area contributed by atoms with Gasteiger partial charge in [-0.1, -0.05) is 254 Å². The van der Waals surface area contributed by atoms with Crippen LogP contribution in [0.1, 0.15) is 132 Å². The molecule has 0 atom stereocenters. The van der Waals surface area contributed by atoms with E-state index in [2.05, 4.69) is 436 Å². The van der Waals surface area contributed by atoms with Gasteiger partial charge in [-0.05, 0) is 272 Å². The first-order valence-electron chi connectivity index (χ1n) is 34.1. The summed E-state index contributed by atoms with van der Waals surface area (Å²) in [4.78, 5) is 19.8. The van der Waals surface area contributed by atoms with Gasteiger partial charge in [0.25, 0.3) is 0 Å². The average molecular weight is 1520 g/mol. The molecule has 0 aromatic heterocycles. The Kier molecular flexibility index (Phi) is 25.4. The molecule has 504 valence electrons. The molecule has 0 amide bonds. The van der Waals surface area contributed by atoms with Crippen LogP contribution in [0.15, 0.2) is 383 Å². The Morgan fingerprint density at radius 1 is 0.182 bits per heavy atom. The van der Waals surface area contributed by atoms with Crippen molar-refractivity contribution in [2.24, 2.45) is 0 Å². The molecule has 0 aliphatic carbocycles. The van der Waals surface area contributed by atoms with Crippen molar-refractivity contribution in [3.63, 3.8) is 0 Å². The zero-order chi connectivity index (χ0) is 70.5. The summed E-state index contributed by atoms with van der Waals surface area (Å²) < 4.78 is 1.27. The van der Waals surface area contributed by atoms with Gasteiger partial charge in [-0.2, -0.15) is 0 Å². The molecule has 0 radical (unpaired) electrons. The SMILES string of the molecule is CC(C)(C)c1ccc(Sc2ccc([S+](c3ccc(C(C)(C)C)cc3)c3ccc(C(C)(C)C)cc3)cc2)cc1.CC(C)(C)c1ccc([S+](c2ccc(Sc3ccccc3)cc2)c2ccc(C(C)(C)C)cc2)cc1.Ic1ccc(Sc2ccc([S+](c3ccccc3)c3ccccc3)cc2)cc1. The zero-order valence-corrected chi connectivity index (χ0v) is 67.3. The maximum atomic E-state index is 2.34. The first-order valence-corrected chi connectivity index (χ1v) is 41.3. The van der Waals surface area contributed by atoms with Crippen LogP contribution in [0.2, 0.25) is 0 Å². The first-order chi connectivity index (χ1) is 47.1. The van der Waals surface area contributed by atoms with Gasteiger partial charge in [-0.3, -0.25) is 0 Å². The molecule has 0 heterocycles. The summed E-state index contributed by atoms with van der Waals surface area (Å²) in [6, 6.07) is 114. The monoisotopic (exact) mass is 1520 g/mol. The molecule has 99 heavy (non-hydrogen) atoms. The minimum Gasteiger partial charge on any atom is -0.0901 e. The number of hydrogen-bond acceptors (Lipinski definition) is 3. The molecule has 0 nitrogen and oxygen atoms in total. The standard InChI is InChI=1S/C36H43S2.C32H35S2.C24H18IS2/c1-34(2,3)26-10-16-29(17-11-26)37-30-18-24-33(25-19-30)38(31-20-12-27(13-21-31)35(4,5)6)32-22-14-28(15-23-32)36(7,8)9;1-31(2,3)24-12-18-28(19-13-24)34(29-20-14-25(15-21-29)32(4,5)6)30-22-16-27(17-23-30)33-26-10-8-7-9-11-26;25-19-11-13-20(14-12-19)26-21-15-17-24(18-16-21)27(22-7-3-1-4-8-22)23-9-5-2-6-10-23/h10-25H,1-9H3;7-23H,1-6H3;1-18H/q3*+1. The molecule has 0 N–H and O–H groups in total. The second-order valence-electron chi connectivity index (χ2n) is 29.9. The minimum atomic E-state index is -0.162. The summed E-state index contributed by atoms with van der Waals surface area (Å²) in [7, 11) is -0.393. The maximum absolute atomic E-state index is 2.34. The molecule has 12 rings (SSSR count). The predicted octanol–water partition coefficient (Wildman–Crippen LogP) is 27.9. The Labute approximate surface area is 629 Å². The van der Waals surface area contributed by atoms with Crippen LogP contribution in [0.25, 0.3) is 0 Å². The van der Waals surface area contributed by atoms with Crippen molar-refractivity contribution in [3.05, 3.63) is 341 Å². The number of hydrogen-bond donors (Lipinski definition) is 0. The van der Waals surface area contributed by atoms with Gasteiger partial charge < -0.3 is 0 Å². The van der Waals surface area contributed by atoms with E-state index in [1.807, 2.05) is 35.3 Å². The Morgan fingerprint density at radius 3 is 0.545 bits per heavy atom. The van der Waals surface area contributed by atoms with Crippen molar-refractivity contribution in [1.29, 1.82) is 0 Å². The van der Waals surface area contributed by atoms with Crippen LogP contribution in [-0.4, -0.2) is 0 Å². The van der Waals surface area contributed by atoms with Crippen molar-refractivity contribution in [3.8, 4) is 0 Å². The third kappa shape index (κ3) is 21.3. The van der Waals surface area contributed by atoms with Crippen molar-refractivity contribution in [1.82, 2.24) is 0 Å². The predicted molar refractivity (Wildman–Crippen MR) is 442 cm³/mol. The van der Waals surface area contributed by atoms with Gasteiger partial charge in [0.05, 0.1) is 32.7 Å². The van der Waals surface area contributed by atoms with E-state index in [0.717, 1.165) is 0 Å². The Hall–Kier alpha value is -6.53. The Balaban J connectivity index is 0.000000163. The molecule has 7 heteroatoms. The summed E-state index contributed by atoms with van der Waals surface area (Å²) in [6.45, 7) is 34.1. The molecular formula is C92H96IS6+3. The van der Waals surface area contributed by atoms with Gasteiger partial charge in [0, 0.05) is 32.9 Å². The lowest BCUT2D eigenvalue weighted by atomic mass is 9.87. The highest BCUT2D eigenvalue weighted by molar-refractivity contribution is 14.1. The van der Waals surface area contributed by atoms with Gasteiger partial charge in [0.1, 0.15) is 0 Å². The topological polar surface area (TPSA) is 0 Å². The lowest BCUT2D eigenvalue weighted by molar-refractivity contribution is 0.589. The van der Waals surface area contributed by atoms with E-state index in [1.165, 1.54) is 105 Å². The average Bonchev–Trinajstić information content (AvgIpc) is 0.804. The summed E-state index contributed by atoms with van der Waals surface area (Å²) >= 11 is 7.79. The van der Waals surface area contributed by atoms with Crippen LogP contribution in [0.4, 0.5) is 0 Å². The number of benzene rings is 12. The van der Waals surface area contributed by atoms with Crippen LogP contribution >= 0.6 is 57.9 Å². The molecule has 0 fully saturated rings. The zero-order valence-electron chi connectivity index (χ0n) is 60.3. The van der Waals surface area contributed by atoms with Crippen molar-refractivity contribution < 1.29 is 0 Å². The quantitative estimate of drug-likeness (QED) is 0.0742. The lowest BCUT2D eigenvalue weighted by Gasteiger charge is -2.20. The van der Waals surface area contributed by atoms with Crippen molar-refractivity contribution in [2.75, 3.05) is 0 Å². The fraction of sp³-hybridized carbons (Fsp3) is 0.217. The number of halogens is 1. The van der Waals surface area contributed by atoms with Crippen LogP contribution in [0.3, 0.4) is 0 Å². The smallest absolute Gasteiger partial charge is 0.0901 e. The van der Waals surface area contributed by atoms with Gasteiger partial charge in [-0.15, -0.1) is 0 Å². The molecular weight excluding hydrogens is 1420 g/mol. The third-order valence-corrected chi connectivity index (χ3v) is 27.4. The van der Waals surface area contributed by atoms with Crippen LogP contribution in [0.5, 0.6) is 0 Å². The summed E-state index contributed by atoms with van der Waals surface area (Å²) in [6.07, 6.45) is 0. The van der Waals surface area contributed by atoms with E-state index in [4.69, 9.17) is 0 Å². The summed E-state index contributed by atoms with van der Waals surface area (Å²) in [5, 5.41) is 0. The van der Waals surface area contributed by atoms with Gasteiger partial charge in [-0.25, -0.2) is 0 Å². The first kappa shape index (κ1) is 75.1. The Bertz CT molecular complexity index is 4270. The van der Waals surface area contributed by atoms with E-state index in [9.17, 15) is 0 Å². The molecule has 0 aliphatic rings. The highest BCUT2D eigenvalue weighted by Gasteiger charge is 2.33. The normalized spacial score (nSPS) is 12.0. The molecule has 0 aliphatic heterocycles. The largest absolute Gasteiger partial charge is 0.166 e. The fourth-order valence-corrected chi connectivity index (χ4v) is 20.1. The van der Waals surface area contributed by atoms with E-state index in [-0.39, 0.29) is 59.8 Å². The molecule has 0 spiro atoms. The molecule has 12 aromatic rings. The van der Waals surface area contributed by atoms with Crippen LogP contribution in [0, 0.1) is 3.57 Å². The second-order valence-corrected chi connectivity index (χ2v) is 40.7. The molecule has 0 saturated heterocycles. The van der Waals surface area contributed by atoms with E-state index in [1.54, 1.807) is 0 Å². The van der Waals surface area contributed by atoms with E-state index < -0.39 is 0 Å². The van der Waals surface area contributed by atoms with Crippen molar-refractivity contribution >= 4 is 90.6 Å². The minimum absolute atomic E-state index is 0.0827. The summed E-state index contributed by atoms with van der Waals surface area (Å²) in [5.41, 5.74) is 7.64. The van der Waals surface area contributed by atoms with Crippen LogP contribution in [-0.2, 0) is 59.8 Å². The van der Waals surface area contributed by atoms with Crippen LogP contribution < -0.4 is 0 Å². The maximum Gasteiger partial charge on any atom is 0.166 e. The highest BCUT2D eigenvalue weighted by Crippen LogP contribution is 2.41. The van der Waals surface area contributed by atoms with E-state index in [0.29, 0.717) is 0 Å². The van der Waals surface area contributed by atoms with Gasteiger partial charge in [0.2, 0.25) is 0 Å². The highest BCUT2D eigenvalue weighted by atomic mass is 127. The second kappa shape index (κ2) is 33.5.